The summed E-state index contributed by atoms with van der Waals surface area (Å²) in [6.45, 7) is 1.22. The highest BCUT2D eigenvalue weighted by Crippen LogP contribution is 1.74. The van der Waals surface area contributed by atoms with Crippen LogP contribution in [0.5, 0.6) is 0 Å². The molecule has 2 rings (SSSR count). The van der Waals surface area contributed by atoms with Crippen molar-refractivity contribution in [2.75, 3.05) is 19.6 Å². The molecule has 0 atom stereocenters. The Morgan fingerprint density at radius 2 is 1.33 bits per heavy atom. The molecule has 8 nitrogen and oxygen atoms in total. The van der Waals surface area contributed by atoms with Gasteiger partial charge in [0, 0.05) is 13.1 Å². The third kappa shape index (κ3) is 3.63. The van der Waals surface area contributed by atoms with Crippen molar-refractivity contribution >= 4 is 23.8 Å². The van der Waals surface area contributed by atoms with E-state index >= 15 is 0 Å². The number of piperazine rings is 1. The van der Waals surface area contributed by atoms with Crippen LogP contribution in [-0.2, 0) is 14.4 Å². The van der Waals surface area contributed by atoms with Gasteiger partial charge in [-0.25, -0.2) is 4.79 Å². The Hall–Kier alpha value is -2.12. The van der Waals surface area contributed by atoms with Crippen molar-refractivity contribution < 1.29 is 19.2 Å². The second-order valence-electron chi connectivity index (χ2n) is 2.74. The van der Waals surface area contributed by atoms with E-state index in [4.69, 9.17) is 0 Å². The topological polar surface area (TPSA) is 116 Å². The van der Waals surface area contributed by atoms with Gasteiger partial charge in [0.15, 0.2) is 0 Å². The van der Waals surface area contributed by atoms with Crippen LogP contribution >= 0.6 is 0 Å². The summed E-state index contributed by atoms with van der Waals surface area (Å²) < 4.78 is 0. The highest BCUT2D eigenvalue weighted by Gasteiger charge is 2.15. The fourth-order valence-electron chi connectivity index (χ4n) is 0.888. The van der Waals surface area contributed by atoms with E-state index in [-0.39, 0.29) is 12.5 Å². The molecule has 2 aliphatic rings. The van der Waals surface area contributed by atoms with Crippen molar-refractivity contribution in [1.29, 1.82) is 0 Å². The molecule has 2 aliphatic heterocycles. The van der Waals surface area contributed by atoms with Crippen LogP contribution in [-0.4, -0.2) is 43.4 Å². The molecule has 0 bridgehead atoms. The fraction of sp³-hybridized carbons (Fsp3) is 0.429. The Morgan fingerprint density at radius 1 is 0.800 bits per heavy atom. The summed E-state index contributed by atoms with van der Waals surface area (Å²) in [7, 11) is 0. The molecule has 0 unspecified atom stereocenters. The van der Waals surface area contributed by atoms with E-state index in [0.29, 0.717) is 13.1 Å². The van der Waals surface area contributed by atoms with Crippen molar-refractivity contribution in [2.45, 2.75) is 0 Å². The summed E-state index contributed by atoms with van der Waals surface area (Å²) in [6, 6.07) is -0.398. The third-order valence-electron chi connectivity index (χ3n) is 1.56. The minimum absolute atomic E-state index is 0.124. The Kier molecular flexibility index (Phi) is 3.61. The maximum absolute atomic E-state index is 10.3. The molecular weight excluding hydrogens is 204 g/mol. The van der Waals surface area contributed by atoms with Crippen LogP contribution in [0.2, 0.25) is 0 Å². The number of imide groups is 1. The van der Waals surface area contributed by atoms with Gasteiger partial charge in [-0.05, 0) is 0 Å². The molecule has 0 saturated carbocycles. The van der Waals surface area contributed by atoms with Crippen LogP contribution in [0, 0.1) is 0 Å². The molecule has 8 heteroatoms. The number of carbonyl (C=O) groups excluding carboxylic acids is 4. The predicted molar refractivity (Wildman–Crippen MR) is 47.6 cm³/mol. The minimum atomic E-state index is -0.531. The van der Waals surface area contributed by atoms with Gasteiger partial charge in [-0.15, -0.1) is 0 Å². The summed E-state index contributed by atoms with van der Waals surface area (Å²) in [5.41, 5.74) is 0. The molecule has 0 aromatic carbocycles. The van der Waals surface area contributed by atoms with E-state index in [0.717, 1.165) is 0 Å². The Bertz CT molecular complexity index is 284. The van der Waals surface area contributed by atoms with Crippen LogP contribution in [0.4, 0.5) is 4.79 Å². The first-order valence-corrected chi connectivity index (χ1v) is 4.23. The lowest BCUT2D eigenvalue weighted by atomic mass is 10.4. The first-order valence-electron chi connectivity index (χ1n) is 4.23. The number of nitrogens with one attached hydrogen (secondary N) is 4. The molecule has 0 aromatic rings. The molecule has 0 radical (unpaired) electrons. The predicted octanol–water partition coefficient (Wildman–Crippen LogP) is -2.94. The van der Waals surface area contributed by atoms with Gasteiger partial charge in [0.2, 0.25) is 5.91 Å². The lowest BCUT2D eigenvalue weighted by Crippen LogP contribution is -2.49. The molecule has 2 saturated heterocycles. The largest absolute Gasteiger partial charge is 0.346 e. The highest BCUT2D eigenvalue weighted by molar-refractivity contribution is 6.35. The van der Waals surface area contributed by atoms with E-state index in [2.05, 4.69) is 16.0 Å². The molecule has 15 heavy (non-hydrogen) atoms. The summed E-state index contributed by atoms with van der Waals surface area (Å²) in [4.78, 5) is 40.6. The Balaban J connectivity index is 0.000000151. The van der Waals surface area contributed by atoms with Gasteiger partial charge >= 0.3 is 17.8 Å². The average Bonchev–Trinajstić information content (AvgIpc) is 2.56. The monoisotopic (exact) mass is 214 g/mol. The summed E-state index contributed by atoms with van der Waals surface area (Å²) in [6.07, 6.45) is 0. The minimum Gasteiger partial charge on any atom is -0.346 e. The average molecular weight is 214 g/mol. The van der Waals surface area contributed by atoms with E-state index in [9.17, 15) is 19.2 Å². The summed E-state index contributed by atoms with van der Waals surface area (Å²) in [5, 5.41) is 9.06. The van der Waals surface area contributed by atoms with Gasteiger partial charge in [-0.1, -0.05) is 0 Å². The lowest BCUT2D eigenvalue weighted by Gasteiger charge is -2.10. The highest BCUT2D eigenvalue weighted by atomic mass is 16.2. The first-order chi connectivity index (χ1) is 7.09. The zero-order valence-corrected chi connectivity index (χ0v) is 7.75. The zero-order chi connectivity index (χ0) is 11.3. The van der Waals surface area contributed by atoms with Gasteiger partial charge in [0.25, 0.3) is 0 Å². The quantitative estimate of drug-likeness (QED) is 0.255. The van der Waals surface area contributed by atoms with Gasteiger partial charge in [-0.3, -0.25) is 19.7 Å². The summed E-state index contributed by atoms with van der Waals surface area (Å²) >= 11 is 0. The van der Waals surface area contributed by atoms with Gasteiger partial charge in [0.05, 0.1) is 6.54 Å². The molecule has 2 fully saturated rings. The number of urea groups is 1. The number of amides is 5. The zero-order valence-electron chi connectivity index (χ0n) is 7.75. The molecular formula is C7H10N4O4. The molecule has 0 spiro atoms. The Morgan fingerprint density at radius 3 is 1.53 bits per heavy atom. The smallest absolute Gasteiger partial charge is 0.321 e. The molecule has 4 N–H and O–H groups in total. The number of rotatable bonds is 0. The van der Waals surface area contributed by atoms with E-state index in [1.807, 2.05) is 5.32 Å². The van der Waals surface area contributed by atoms with Crippen molar-refractivity contribution in [3.8, 4) is 0 Å². The lowest BCUT2D eigenvalue weighted by molar-refractivity contribution is -0.140. The molecule has 82 valence electrons. The Labute approximate surface area is 84.8 Å². The second kappa shape index (κ2) is 4.94. The van der Waals surface area contributed by atoms with Crippen molar-refractivity contribution in [3.63, 3.8) is 0 Å². The number of hydrogen-bond donors (Lipinski definition) is 4. The second-order valence-corrected chi connectivity index (χ2v) is 2.74. The standard InChI is InChI=1S/C4H6N2O2.C3H4N2O2/c7-3-4(8)6-2-1-5-3;6-2-1-4-3(7)5-2/h1-2H2,(H,5,7)(H,6,8);1H2,(H2,4,5,6,7). The van der Waals surface area contributed by atoms with Crippen LogP contribution in [0.3, 0.4) is 0 Å². The number of carbonyl (C=O) groups is 4. The van der Waals surface area contributed by atoms with Crippen molar-refractivity contribution in [2.24, 2.45) is 0 Å². The molecule has 5 amide bonds. The number of hydrogen-bond acceptors (Lipinski definition) is 4. The van der Waals surface area contributed by atoms with Crippen molar-refractivity contribution in [1.82, 2.24) is 21.3 Å². The molecule has 0 aliphatic carbocycles. The molecule has 2 heterocycles. The third-order valence-corrected chi connectivity index (χ3v) is 1.56. The molecule has 0 aromatic heterocycles. The van der Waals surface area contributed by atoms with Crippen LogP contribution in [0.25, 0.3) is 0 Å². The van der Waals surface area contributed by atoms with Gasteiger partial charge in [0.1, 0.15) is 0 Å². The van der Waals surface area contributed by atoms with Gasteiger partial charge in [-0.2, -0.15) is 0 Å². The van der Waals surface area contributed by atoms with Crippen LogP contribution < -0.4 is 21.3 Å². The maximum atomic E-state index is 10.3. The maximum Gasteiger partial charge on any atom is 0.321 e. The normalized spacial score (nSPS) is 19.2. The van der Waals surface area contributed by atoms with Crippen molar-refractivity contribution in [3.05, 3.63) is 0 Å². The van der Waals surface area contributed by atoms with E-state index in [1.165, 1.54) is 0 Å². The van der Waals surface area contributed by atoms with E-state index in [1.54, 1.807) is 0 Å². The SMILES string of the molecule is O=C1CNC(=O)N1.O=C1NCCNC1=O. The first kappa shape index (κ1) is 11.0. The van der Waals surface area contributed by atoms with E-state index < -0.39 is 17.8 Å². The fourth-order valence-corrected chi connectivity index (χ4v) is 0.888. The van der Waals surface area contributed by atoms with Crippen LogP contribution in [0.15, 0.2) is 0 Å². The van der Waals surface area contributed by atoms with Crippen LogP contribution in [0.1, 0.15) is 0 Å². The summed E-state index contributed by atoms with van der Waals surface area (Å²) in [5.74, 6) is -1.32. The van der Waals surface area contributed by atoms with Gasteiger partial charge < -0.3 is 16.0 Å².